The van der Waals surface area contributed by atoms with E-state index < -0.39 is 17.8 Å². The van der Waals surface area contributed by atoms with Gasteiger partial charge in [-0.05, 0) is 106 Å². The number of rotatable bonds is 7. The minimum absolute atomic E-state index is 0.141. The summed E-state index contributed by atoms with van der Waals surface area (Å²) in [6.45, 7) is 8.04. The van der Waals surface area contributed by atoms with E-state index in [4.69, 9.17) is 4.74 Å². The van der Waals surface area contributed by atoms with Crippen LogP contribution < -0.4 is 15.0 Å². The first-order chi connectivity index (χ1) is 17.7. The van der Waals surface area contributed by atoms with Gasteiger partial charge in [0.25, 0.3) is 11.8 Å². The Balaban J connectivity index is 1.66. The number of carbonyl (C=O) groups excluding carboxylic acids is 3. The molecule has 37 heavy (non-hydrogen) atoms. The van der Waals surface area contributed by atoms with Crippen LogP contribution in [-0.4, -0.2) is 17.8 Å². The van der Waals surface area contributed by atoms with Crippen LogP contribution in [0, 0.1) is 13.8 Å². The number of hydrogen-bond acceptors (Lipinski definition) is 4. The number of aryl methyl sites for hydroxylation is 2. The zero-order chi connectivity index (χ0) is 26.7. The van der Waals surface area contributed by atoms with Crippen molar-refractivity contribution in [3.63, 3.8) is 0 Å². The summed E-state index contributed by atoms with van der Waals surface area (Å²) >= 11 is 7.00. The zero-order valence-electron chi connectivity index (χ0n) is 20.3. The van der Waals surface area contributed by atoms with Crippen LogP contribution in [0.4, 0.5) is 10.5 Å². The number of amides is 4. The SMILES string of the molecule is C=CCc1cc(/C=C2\C(=O)NC(=O)N(c3ccc(C)c(C)c3)C2=O)cc(Br)c1OCc1ccc(Br)cc1. The quantitative estimate of drug-likeness (QED) is 0.178. The van der Waals surface area contributed by atoms with Crippen molar-refractivity contribution in [2.24, 2.45) is 0 Å². The number of nitrogens with zero attached hydrogens (tertiary/aromatic N) is 1. The van der Waals surface area contributed by atoms with Gasteiger partial charge in [-0.15, -0.1) is 6.58 Å². The topological polar surface area (TPSA) is 75.7 Å². The maximum absolute atomic E-state index is 13.3. The molecule has 4 rings (SSSR count). The molecule has 0 aromatic heterocycles. The van der Waals surface area contributed by atoms with E-state index in [1.807, 2.05) is 50.2 Å². The first-order valence-electron chi connectivity index (χ1n) is 11.5. The highest BCUT2D eigenvalue weighted by molar-refractivity contribution is 9.10. The van der Waals surface area contributed by atoms with Gasteiger partial charge in [0.05, 0.1) is 10.2 Å². The van der Waals surface area contributed by atoms with Crippen LogP contribution in [0.3, 0.4) is 0 Å². The lowest BCUT2D eigenvalue weighted by molar-refractivity contribution is -0.122. The van der Waals surface area contributed by atoms with E-state index in [1.54, 1.807) is 24.3 Å². The van der Waals surface area contributed by atoms with E-state index in [0.29, 0.717) is 34.5 Å². The highest BCUT2D eigenvalue weighted by atomic mass is 79.9. The number of urea groups is 1. The molecule has 0 spiro atoms. The molecular formula is C29H24Br2N2O4. The van der Waals surface area contributed by atoms with Crippen molar-refractivity contribution in [1.29, 1.82) is 0 Å². The van der Waals surface area contributed by atoms with Crippen molar-refractivity contribution in [3.8, 4) is 5.75 Å². The molecule has 8 heteroatoms. The molecule has 1 fully saturated rings. The molecule has 1 aliphatic rings. The van der Waals surface area contributed by atoms with Gasteiger partial charge in [-0.3, -0.25) is 14.9 Å². The summed E-state index contributed by atoms with van der Waals surface area (Å²) in [4.78, 5) is 39.5. The van der Waals surface area contributed by atoms with E-state index in [2.05, 4.69) is 43.8 Å². The van der Waals surface area contributed by atoms with Crippen LogP contribution in [0.5, 0.6) is 5.75 Å². The van der Waals surface area contributed by atoms with Gasteiger partial charge in [-0.1, -0.05) is 40.2 Å². The van der Waals surface area contributed by atoms with Crippen molar-refractivity contribution in [3.05, 3.63) is 110 Å². The van der Waals surface area contributed by atoms with Crippen LogP contribution in [-0.2, 0) is 22.6 Å². The Morgan fingerprint density at radius 3 is 2.38 bits per heavy atom. The normalized spacial score (nSPS) is 14.6. The van der Waals surface area contributed by atoms with E-state index in [0.717, 1.165) is 31.6 Å². The lowest BCUT2D eigenvalue weighted by Crippen LogP contribution is -2.54. The number of benzene rings is 3. The minimum atomic E-state index is -0.777. The molecule has 1 aliphatic heterocycles. The van der Waals surface area contributed by atoms with Crippen LogP contribution in [0.25, 0.3) is 6.08 Å². The van der Waals surface area contributed by atoms with Gasteiger partial charge in [0.15, 0.2) is 0 Å². The summed E-state index contributed by atoms with van der Waals surface area (Å²) in [5.74, 6) is -0.780. The van der Waals surface area contributed by atoms with Gasteiger partial charge in [-0.25, -0.2) is 9.69 Å². The number of carbonyl (C=O) groups is 3. The Bertz CT molecular complexity index is 1450. The number of allylic oxidation sites excluding steroid dienone is 1. The zero-order valence-corrected chi connectivity index (χ0v) is 23.5. The maximum atomic E-state index is 13.3. The number of ether oxygens (including phenoxy) is 1. The molecule has 3 aromatic carbocycles. The maximum Gasteiger partial charge on any atom is 0.335 e. The highest BCUT2D eigenvalue weighted by Crippen LogP contribution is 2.34. The third kappa shape index (κ3) is 5.92. The summed E-state index contributed by atoms with van der Waals surface area (Å²) < 4.78 is 7.77. The summed E-state index contributed by atoms with van der Waals surface area (Å²) in [6, 6.07) is 15.9. The predicted molar refractivity (Wildman–Crippen MR) is 151 cm³/mol. The van der Waals surface area contributed by atoms with E-state index in [9.17, 15) is 14.4 Å². The summed E-state index contributed by atoms with van der Waals surface area (Å²) in [5, 5.41) is 2.27. The number of imide groups is 2. The first kappa shape index (κ1) is 26.6. The molecule has 6 nitrogen and oxygen atoms in total. The van der Waals surface area contributed by atoms with Crippen molar-refractivity contribution in [2.45, 2.75) is 26.9 Å². The van der Waals surface area contributed by atoms with Crippen molar-refractivity contribution in [1.82, 2.24) is 5.32 Å². The average Bonchev–Trinajstić information content (AvgIpc) is 2.84. The Labute approximate surface area is 232 Å². The largest absolute Gasteiger partial charge is 0.487 e. The van der Waals surface area contributed by atoms with Crippen LogP contribution in [0.15, 0.2) is 81.8 Å². The molecule has 1 saturated heterocycles. The predicted octanol–water partition coefficient (Wildman–Crippen LogP) is 6.80. The molecule has 0 atom stereocenters. The number of nitrogens with one attached hydrogen (secondary N) is 1. The minimum Gasteiger partial charge on any atom is -0.487 e. The average molecular weight is 624 g/mol. The lowest BCUT2D eigenvalue weighted by atomic mass is 10.0. The Morgan fingerprint density at radius 2 is 1.70 bits per heavy atom. The van der Waals surface area contributed by atoms with Crippen LogP contribution in [0.1, 0.15) is 27.8 Å². The van der Waals surface area contributed by atoms with Gasteiger partial charge in [-0.2, -0.15) is 0 Å². The number of anilines is 1. The number of halogens is 2. The smallest absolute Gasteiger partial charge is 0.335 e. The highest BCUT2D eigenvalue weighted by Gasteiger charge is 2.37. The van der Waals surface area contributed by atoms with Gasteiger partial charge in [0.1, 0.15) is 17.9 Å². The Morgan fingerprint density at radius 1 is 0.973 bits per heavy atom. The molecule has 188 valence electrons. The standard InChI is InChI=1S/C29H24Br2N2O4/c1-4-5-21-13-20(15-25(31)26(21)37-16-19-7-9-22(30)10-8-19)14-24-27(34)32-29(36)33(28(24)35)23-11-6-17(2)18(3)12-23/h4,6-15H,1,5,16H2,2-3H3,(H,32,34,36)/b24-14+. The molecule has 1 heterocycles. The fraction of sp³-hybridized carbons (Fsp3) is 0.138. The van der Waals surface area contributed by atoms with Gasteiger partial charge in [0.2, 0.25) is 0 Å². The molecule has 4 amide bonds. The van der Waals surface area contributed by atoms with Gasteiger partial charge in [0, 0.05) is 4.47 Å². The molecule has 0 saturated carbocycles. The number of hydrogen-bond donors (Lipinski definition) is 1. The Kier molecular flexibility index (Phi) is 8.10. The van der Waals surface area contributed by atoms with Crippen molar-refractivity contribution >= 4 is 61.5 Å². The molecular weight excluding hydrogens is 600 g/mol. The molecule has 0 unspecified atom stereocenters. The van der Waals surface area contributed by atoms with E-state index in [-0.39, 0.29) is 5.57 Å². The summed E-state index contributed by atoms with van der Waals surface area (Å²) in [5.41, 5.74) is 4.66. The second-order valence-electron chi connectivity index (χ2n) is 8.63. The van der Waals surface area contributed by atoms with Crippen LogP contribution >= 0.6 is 31.9 Å². The molecule has 3 aromatic rings. The first-order valence-corrected chi connectivity index (χ1v) is 13.1. The second-order valence-corrected chi connectivity index (χ2v) is 10.4. The third-order valence-electron chi connectivity index (χ3n) is 5.96. The fourth-order valence-corrected chi connectivity index (χ4v) is 4.78. The molecule has 1 N–H and O–H groups in total. The van der Waals surface area contributed by atoms with E-state index >= 15 is 0 Å². The number of barbiturate groups is 1. The van der Waals surface area contributed by atoms with Gasteiger partial charge < -0.3 is 4.74 Å². The second kappa shape index (κ2) is 11.3. The van der Waals surface area contributed by atoms with Crippen molar-refractivity contribution < 1.29 is 19.1 Å². The van der Waals surface area contributed by atoms with Crippen LogP contribution in [0.2, 0.25) is 0 Å². The molecule has 0 radical (unpaired) electrons. The molecule has 0 aliphatic carbocycles. The lowest BCUT2D eigenvalue weighted by Gasteiger charge is -2.27. The summed E-state index contributed by atoms with van der Waals surface area (Å²) in [6.07, 6.45) is 3.75. The van der Waals surface area contributed by atoms with Gasteiger partial charge >= 0.3 is 6.03 Å². The summed E-state index contributed by atoms with van der Waals surface area (Å²) in [7, 11) is 0. The Hall–Kier alpha value is -3.49. The third-order valence-corrected chi connectivity index (χ3v) is 7.08. The monoisotopic (exact) mass is 622 g/mol. The fourth-order valence-electron chi connectivity index (χ4n) is 3.89. The van der Waals surface area contributed by atoms with Crippen molar-refractivity contribution in [2.75, 3.05) is 4.90 Å². The van der Waals surface area contributed by atoms with E-state index in [1.165, 1.54) is 6.08 Å². The molecule has 0 bridgehead atoms.